The highest BCUT2D eigenvalue weighted by Crippen LogP contribution is 2.11. The Bertz CT molecular complexity index is 326. The van der Waals surface area contributed by atoms with Gasteiger partial charge >= 0.3 is 0 Å². The highest BCUT2D eigenvalue weighted by molar-refractivity contribution is 14.0. The minimum absolute atomic E-state index is 0. The van der Waals surface area contributed by atoms with Crippen molar-refractivity contribution in [2.75, 3.05) is 66.2 Å². The summed E-state index contributed by atoms with van der Waals surface area (Å²) in [6.45, 7) is 12.8. The Hall–Kier alpha value is -0.120. The van der Waals surface area contributed by atoms with Crippen molar-refractivity contribution in [2.24, 2.45) is 10.9 Å². The Balaban J connectivity index is 0.00000576. The molecule has 0 saturated carbocycles. The van der Waals surface area contributed by atoms with Crippen LogP contribution in [0.5, 0.6) is 0 Å². The molecule has 1 unspecified atom stereocenters. The predicted octanol–water partition coefficient (Wildman–Crippen LogP) is 2.33. The van der Waals surface area contributed by atoms with Gasteiger partial charge in [0.2, 0.25) is 0 Å². The molecule has 25 heavy (non-hydrogen) atoms. The number of hydrogen-bond donors (Lipinski definition) is 2. The van der Waals surface area contributed by atoms with Crippen molar-refractivity contribution >= 4 is 29.9 Å². The van der Waals surface area contributed by atoms with E-state index in [0.717, 1.165) is 45.2 Å². The molecule has 0 aliphatic carbocycles. The van der Waals surface area contributed by atoms with Gasteiger partial charge < -0.3 is 25.0 Å². The van der Waals surface area contributed by atoms with Crippen LogP contribution in [0.1, 0.15) is 39.5 Å². The van der Waals surface area contributed by atoms with Gasteiger partial charge in [-0.15, -0.1) is 24.0 Å². The van der Waals surface area contributed by atoms with E-state index in [9.17, 15) is 0 Å². The van der Waals surface area contributed by atoms with Crippen molar-refractivity contribution in [3.8, 4) is 0 Å². The van der Waals surface area contributed by atoms with Gasteiger partial charge in [0.1, 0.15) is 0 Å². The second-order valence-corrected chi connectivity index (χ2v) is 6.57. The topological polar surface area (TPSA) is 58.1 Å². The maximum atomic E-state index is 5.47. The largest absolute Gasteiger partial charge is 0.382 e. The van der Waals surface area contributed by atoms with Crippen LogP contribution in [0.4, 0.5) is 0 Å². The van der Waals surface area contributed by atoms with Gasteiger partial charge in [0.05, 0.1) is 13.2 Å². The minimum atomic E-state index is 0. The molecule has 1 heterocycles. The highest BCUT2D eigenvalue weighted by atomic mass is 127. The van der Waals surface area contributed by atoms with Crippen molar-refractivity contribution in [1.29, 1.82) is 0 Å². The van der Waals surface area contributed by atoms with Crippen LogP contribution < -0.4 is 10.6 Å². The first-order chi connectivity index (χ1) is 11.8. The Morgan fingerprint density at radius 2 is 1.88 bits per heavy atom. The van der Waals surface area contributed by atoms with E-state index in [1.807, 2.05) is 0 Å². The van der Waals surface area contributed by atoms with Crippen molar-refractivity contribution in [3.05, 3.63) is 0 Å². The van der Waals surface area contributed by atoms with Gasteiger partial charge in [0.25, 0.3) is 0 Å². The number of ether oxygens (including phenoxy) is 2. The van der Waals surface area contributed by atoms with E-state index in [0.29, 0.717) is 19.1 Å². The summed E-state index contributed by atoms with van der Waals surface area (Å²) in [5.41, 5.74) is 0. The Morgan fingerprint density at radius 1 is 1.12 bits per heavy atom. The predicted molar refractivity (Wildman–Crippen MR) is 116 cm³/mol. The van der Waals surface area contributed by atoms with Gasteiger partial charge in [-0.3, -0.25) is 4.99 Å². The molecule has 6 nitrogen and oxygen atoms in total. The van der Waals surface area contributed by atoms with Crippen LogP contribution in [0.3, 0.4) is 0 Å². The van der Waals surface area contributed by atoms with Crippen LogP contribution in [0.25, 0.3) is 0 Å². The lowest BCUT2D eigenvalue weighted by Crippen LogP contribution is -2.39. The molecule has 1 saturated heterocycles. The monoisotopic (exact) mass is 470 g/mol. The standard InChI is InChI=1S/C18H38N4O2.HI/c1-4-19-18(20-9-8-12-24-14-13-23-3)21-15-17(2)16-22-10-6-5-7-11-22;/h17H,4-16H2,1-3H3,(H2,19,20,21);1H. The second-order valence-electron chi connectivity index (χ2n) is 6.57. The number of nitrogens with one attached hydrogen (secondary N) is 2. The molecular formula is C18H39IN4O2. The summed E-state index contributed by atoms with van der Waals surface area (Å²) in [4.78, 5) is 7.32. The summed E-state index contributed by atoms with van der Waals surface area (Å²) in [5.74, 6) is 1.51. The van der Waals surface area contributed by atoms with Crippen molar-refractivity contribution in [3.63, 3.8) is 0 Å². The van der Waals surface area contributed by atoms with Crippen molar-refractivity contribution < 1.29 is 9.47 Å². The number of methoxy groups -OCH3 is 1. The molecule has 0 amide bonds. The summed E-state index contributed by atoms with van der Waals surface area (Å²) in [6.07, 6.45) is 5.07. The molecule has 0 bridgehead atoms. The van der Waals surface area contributed by atoms with Crippen LogP contribution >= 0.6 is 24.0 Å². The van der Waals surface area contributed by atoms with Gasteiger partial charge in [-0.1, -0.05) is 13.3 Å². The normalized spacial score (nSPS) is 17.0. The van der Waals surface area contributed by atoms with E-state index in [-0.39, 0.29) is 24.0 Å². The Kier molecular flexibility index (Phi) is 17.2. The van der Waals surface area contributed by atoms with Crippen molar-refractivity contribution in [2.45, 2.75) is 39.5 Å². The quantitative estimate of drug-likeness (QED) is 0.199. The number of likely N-dealkylation sites (tertiary alicyclic amines) is 1. The molecule has 0 aromatic heterocycles. The van der Waals surface area contributed by atoms with E-state index in [2.05, 4.69) is 29.4 Å². The lowest BCUT2D eigenvalue weighted by atomic mass is 10.1. The van der Waals surface area contributed by atoms with Gasteiger partial charge in [0.15, 0.2) is 5.96 Å². The number of hydrogen-bond acceptors (Lipinski definition) is 4. The third-order valence-corrected chi connectivity index (χ3v) is 4.11. The minimum Gasteiger partial charge on any atom is -0.382 e. The molecule has 0 aromatic rings. The first-order valence-electron chi connectivity index (χ1n) is 9.57. The van der Waals surface area contributed by atoms with Crippen LogP contribution in [0, 0.1) is 5.92 Å². The molecule has 1 rings (SSSR count). The molecule has 150 valence electrons. The maximum Gasteiger partial charge on any atom is 0.191 e. The molecule has 2 N–H and O–H groups in total. The fourth-order valence-electron chi connectivity index (χ4n) is 2.85. The summed E-state index contributed by atoms with van der Waals surface area (Å²) >= 11 is 0. The summed E-state index contributed by atoms with van der Waals surface area (Å²) < 4.78 is 10.4. The molecule has 1 aliphatic rings. The summed E-state index contributed by atoms with van der Waals surface area (Å²) in [7, 11) is 1.69. The van der Waals surface area contributed by atoms with Crippen LogP contribution in [-0.2, 0) is 9.47 Å². The maximum absolute atomic E-state index is 5.47. The smallest absolute Gasteiger partial charge is 0.191 e. The zero-order valence-electron chi connectivity index (χ0n) is 16.4. The van der Waals surface area contributed by atoms with Gasteiger partial charge in [-0.2, -0.15) is 0 Å². The lowest BCUT2D eigenvalue weighted by molar-refractivity contribution is 0.0698. The fourth-order valence-corrected chi connectivity index (χ4v) is 2.85. The fraction of sp³-hybridized carbons (Fsp3) is 0.944. The number of rotatable bonds is 12. The first kappa shape index (κ1) is 24.9. The number of aliphatic imine (C=N–C) groups is 1. The van der Waals surface area contributed by atoms with Crippen LogP contribution in [0.2, 0.25) is 0 Å². The number of guanidine groups is 1. The molecule has 0 aromatic carbocycles. The molecule has 0 radical (unpaired) electrons. The highest BCUT2D eigenvalue weighted by Gasteiger charge is 2.13. The van der Waals surface area contributed by atoms with E-state index in [1.165, 1.54) is 32.4 Å². The molecule has 1 aliphatic heterocycles. The number of piperidine rings is 1. The SMILES string of the molecule is CCNC(=NCC(C)CN1CCCCC1)NCCCOCCOC.I. The number of nitrogens with zero attached hydrogens (tertiary/aromatic N) is 2. The van der Waals surface area contributed by atoms with Crippen molar-refractivity contribution in [1.82, 2.24) is 15.5 Å². The zero-order valence-corrected chi connectivity index (χ0v) is 18.7. The van der Waals surface area contributed by atoms with E-state index >= 15 is 0 Å². The zero-order chi connectivity index (χ0) is 17.5. The molecule has 1 fully saturated rings. The van der Waals surface area contributed by atoms with E-state index in [1.54, 1.807) is 7.11 Å². The number of halogens is 1. The molecule has 1 atom stereocenters. The summed E-state index contributed by atoms with van der Waals surface area (Å²) in [6, 6.07) is 0. The second kappa shape index (κ2) is 17.3. The van der Waals surface area contributed by atoms with Crippen LogP contribution in [-0.4, -0.2) is 77.1 Å². The Morgan fingerprint density at radius 3 is 2.56 bits per heavy atom. The molecule has 7 heteroatoms. The lowest BCUT2D eigenvalue weighted by Gasteiger charge is -2.28. The third-order valence-electron chi connectivity index (χ3n) is 4.11. The molecular weight excluding hydrogens is 431 g/mol. The van der Waals surface area contributed by atoms with E-state index < -0.39 is 0 Å². The third kappa shape index (κ3) is 13.7. The average Bonchev–Trinajstić information content (AvgIpc) is 2.59. The van der Waals surface area contributed by atoms with Gasteiger partial charge in [-0.25, -0.2) is 0 Å². The average molecular weight is 470 g/mol. The van der Waals surface area contributed by atoms with Gasteiger partial charge in [0, 0.05) is 39.9 Å². The van der Waals surface area contributed by atoms with Gasteiger partial charge in [-0.05, 0) is 45.2 Å². The van der Waals surface area contributed by atoms with Crippen LogP contribution in [0.15, 0.2) is 4.99 Å². The van der Waals surface area contributed by atoms with E-state index in [4.69, 9.17) is 14.5 Å². The summed E-state index contributed by atoms with van der Waals surface area (Å²) in [5, 5.41) is 6.70. The first-order valence-corrected chi connectivity index (χ1v) is 9.57. The molecule has 0 spiro atoms. The Labute approximate surface area is 171 Å².